The van der Waals surface area contributed by atoms with Crippen LogP contribution in [0.4, 0.5) is 0 Å². The molecule has 0 radical (unpaired) electrons. The Hall–Kier alpha value is -0.0151. The van der Waals surface area contributed by atoms with E-state index in [-0.39, 0.29) is 0 Å². The van der Waals surface area contributed by atoms with Gasteiger partial charge < -0.3 is 11.1 Å². The summed E-state index contributed by atoms with van der Waals surface area (Å²) in [4.78, 5) is 0. The lowest BCUT2D eigenvalue weighted by atomic mass is 9.73. The van der Waals surface area contributed by atoms with Crippen LogP contribution < -0.4 is 11.1 Å². The Morgan fingerprint density at radius 1 is 1.86 bits per heavy atom. The Morgan fingerprint density at radius 2 is 2.43 bits per heavy atom. The van der Waals surface area contributed by atoms with E-state index in [0.29, 0.717) is 5.94 Å². The number of nitrogens with two attached hydrogens (primary N) is 1. The molecule has 3 N–H and O–H groups in total. The minimum atomic E-state index is 0.514. The summed E-state index contributed by atoms with van der Waals surface area (Å²) in [5.41, 5.74) is 5.33. The summed E-state index contributed by atoms with van der Waals surface area (Å²) in [6.45, 7) is 2.86. The quantitative estimate of drug-likeness (QED) is 0.445. The standard InChI is InChI=1S/C4H13BN2/c1-5-4(3-6)7-2/h4-5,7H,3,6H2,1-2H3. The topological polar surface area (TPSA) is 38.0 Å². The molecule has 0 aliphatic rings. The smallest absolute Gasteiger partial charge is 0.140 e. The zero-order chi connectivity index (χ0) is 5.70. The van der Waals surface area contributed by atoms with Crippen molar-refractivity contribution in [2.45, 2.75) is 12.8 Å². The van der Waals surface area contributed by atoms with E-state index >= 15 is 0 Å². The molecule has 42 valence electrons. The predicted molar refractivity (Wildman–Crippen MR) is 34.9 cm³/mol. The van der Waals surface area contributed by atoms with Gasteiger partial charge in [0.15, 0.2) is 0 Å². The highest BCUT2D eigenvalue weighted by molar-refractivity contribution is 6.35. The second kappa shape index (κ2) is 4.15. The summed E-state index contributed by atoms with van der Waals surface area (Å²) < 4.78 is 0. The summed E-state index contributed by atoms with van der Waals surface area (Å²) >= 11 is 0. The average molecular weight is 100.0 g/mol. The van der Waals surface area contributed by atoms with E-state index in [1.165, 1.54) is 0 Å². The third-order valence-electron chi connectivity index (χ3n) is 1.19. The molecule has 2 nitrogen and oxygen atoms in total. The van der Waals surface area contributed by atoms with E-state index in [1.807, 2.05) is 7.05 Å². The fraction of sp³-hybridized carbons (Fsp3) is 1.00. The van der Waals surface area contributed by atoms with E-state index in [0.717, 1.165) is 13.8 Å². The molecule has 0 amide bonds. The van der Waals surface area contributed by atoms with Crippen molar-refractivity contribution in [1.29, 1.82) is 0 Å². The zero-order valence-electron chi connectivity index (χ0n) is 5.07. The molecule has 1 unspecified atom stereocenters. The second-order valence-electron chi connectivity index (χ2n) is 1.63. The molecule has 0 aromatic heterocycles. The van der Waals surface area contributed by atoms with Crippen LogP contribution in [0.15, 0.2) is 0 Å². The predicted octanol–water partition coefficient (Wildman–Crippen LogP) is -1.02. The Labute approximate surface area is 45.7 Å². The van der Waals surface area contributed by atoms with Crippen molar-refractivity contribution in [2.24, 2.45) is 5.73 Å². The molecule has 0 aromatic carbocycles. The second-order valence-corrected chi connectivity index (χ2v) is 1.63. The molecule has 3 heteroatoms. The molecule has 0 aliphatic carbocycles. The van der Waals surface area contributed by atoms with Gasteiger partial charge in [-0.05, 0) is 13.0 Å². The first kappa shape index (κ1) is 6.98. The lowest BCUT2D eigenvalue weighted by Crippen LogP contribution is -2.37. The van der Waals surface area contributed by atoms with Crippen LogP contribution >= 0.6 is 0 Å². The molecule has 0 heterocycles. The van der Waals surface area contributed by atoms with Crippen molar-refractivity contribution in [3.63, 3.8) is 0 Å². The van der Waals surface area contributed by atoms with Crippen LogP contribution in [0.25, 0.3) is 0 Å². The van der Waals surface area contributed by atoms with Crippen molar-refractivity contribution < 1.29 is 0 Å². The van der Waals surface area contributed by atoms with Crippen molar-refractivity contribution in [3.8, 4) is 0 Å². The Kier molecular flexibility index (Phi) is 4.14. The van der Waals surface area contributed by atoms with Gasteiger partial charge in [-0.1, -0.05) is 6.82 Å². The average Bonchev–Trinajstić information content (AvgIpc) is 1.72. The van der Waals surface area contributed by atoms with Gasteiger partial charge in [0.25, 0.3) is 0 Å². The molecule has 0 fully saturated rings. The van der Waals surface area contributed by atoms with Gasteiger partial charge in [0.05, 0.1) is 0 Å². The van der Waals surface area contributed by atoms with Crippen LogP contribution in [-0.4, -0.2) is 26.8 Å². The third-order valence-corrected chi connectivity index (χ3v) is 1.19. The van der Waals surface area contributed by atoms with E-state index in [4.69, 9.17) is 5.73 Å². The highest BCUT2D eigenvalue weighted by atomic mass is 14.9. The molecule has 0 saturated carbocycles. The fourth-order valence-electron chi connectivity index (χ4n) is 0.489. The molecule has 0 aromatic rings. The van der Waals surface area contributed by atoms with Crippen LogP contribution in [0.3, 0.4) is 0 Å². The van der Waals surface area contributed by atoms with Gasteiger partial charge in [-0.2, -0.15) is 0 Å². The minimum absolute atomic E-state index is 0.514. The van der Waals surface area contributed by atoms with Gasteiger partial charge in [0, 0.05) is 6.54 Å². The maximum Gasteiger partial charge on any atom is 0.140 e. The first-order valence-electron chi connectivity index (χ1n) is 2.72. The third kappa shape index (κ3) is 2.65. The fourth-order valence-corrected chi connectivity index (χ4v) is 0.489. The molecule has 7 heavy (non-hydrogen) atoms. The summed E-state index contributed by atoms with van der Waals surface area (Å²) in [6, 6.07) is 0. The Balaban J connectivity index is 2.99. The Bertz CT molecular complexity index is 31.2. The molecule has 1 atom stereocenters. The number of hydrogen-bond donors (Lipinski definition) is 2. The maximum absolute atomic E-state index is 5.33. The summed E-state index contributed by atoms with van der Waals surface area (Å²) in [5.74, 6) is 0.514. The molecule has 0 rings (SSSR count). The molecular formula is C4H13BN2. The SMILES string of the molecule is CBC(CN)NC. The first-order chi connectivity index (χ1) is 3.35. The monoisotopic (exact) mass is 100 g/mol. The largest absolute Gasteiger partial charge is 0.330 e. The number of hydrogen-bond acceptors (Lipinski definition) is 2. The van der Waals surface area contributed by atoms with Gasteiger partial charge >= 0.3 is 0 Å². The molecule has 0 saturated heterocycles. The lowest BCUT2D eigenvalue weighted by molar-refractivity contribution is 0.729. The van der Waals surface area contributed by atoms with Crippen molar-refractivity contribution >= 4 is 7.28 Å². The first-order valence-corrected chi connectivity index (χ1v) is 2.72. The van der Waals surface area contributed by atoms with Gasteiger partial charge in [0.2, 0.25) is 0 Å². The lowest BCUT2D eigenvalue weighted by Gasteiger charge is -2.06. The van der Waals surface area contributed by atoms with Crippen molar-refractivity contribution in [3.05, 3.63) is 0 Å². The zero-order valence-corrected chi connectivity index (χ0v) is 5.07. The van der Waals surface area contributed by atoms with Crippen molar-refractivity contribution in [2.75, 3.05) is 13.6 Å². The van der Waals surface area contributed by atoms with Crippen LogP contribution in [0, 0.1) is 0 Å². The van der Waals surface area contributed by atoms with Crippen LogP contribution in [0.5, 0.6) is 0 Å². The van der Waals surface area contributed by atoms with Gasteiger partial charge in [-0.25, -0.2) is 0 Å². The molecule has 0 aliphatic heterocycles. The number of nitrogens with one attached hydrogen (secondary N) is 1. The van der Waals surface area contributed by atoms with Crippen LogP contribution in [0.1, 0.15) is 0 Å². The molecule has 0 bridgehead atoms. The minimum Gasteiger partial charge on any atom is -0.330 e. The van der Waals surface area contributed by atoms with E-state index in [2.05, 4.69) is 12.1 Å². The van der Waals surface area contributed by atoms with Gasteiger partial charge in [-0.3, -0.25) is 0 Å². The van der Waals surface area contributed by atoms with E-state index < -0.39 is 0 Å². The summed E-state index contributed by atoms with van der Waals surface area (Å²) in [5, 5.41) is 3.08. The highest BCUT2D eigenvalue weighted by Crippen LogP contribution is 1.70. The normalized spacial score (nSPS) is 13.6. The van der Waals surface area contributed by atoms with Crippen LogP contribution in [-0.2, 0) is 0 Å². The Morgan fingerprint density at radius 3 is 2.43 bits per heavy atom. The van der Waals surface area contributed by atoms with Gasteiger partial charge in [-0.15, -0.1) is 0 Å². The maximum atomic E-state index is 5.33. The summed E-state index contributed by atoms with van der Waals surface area (Å²) in [6.07, 6.45) is 0. The van der Waals surface area contributed by atoms with E-state index in [9.17, 15) is 0 Å². The molecule has 0 spiro atoms. The highest BCUT2D eigenvalue weighted by Gasteiger charge is 1.96. The van der Waals surface area contributed by atoms with Crippen LogP contribution in [0.2, 0.25) is 6.82 Å². The van der Waals surface area contributed by atoms with E-state index in [1.54, 1.807) is 0 Å². The number of likely N-dealkylation sites (N-methyl/N-ethyl adjacent to an activating group) is 1. The summed E-state index contributed by atoms with van der Waals surface area (Å²) in [7, 11) is 3.05. The number of rotatable bonds is 3. The van der Waals surface area contributed by atoms with Gasteiger partial charge in [0.1, 0.15) is 7.28 Å². The van der Waals surface area contributed by atoms with Crippen molar-refractivity contribution in [1.82, 2.24) is 5.32 Å². The molecular weight excluding hydrogens is 86.9 g/mol.